The van der Waals surface area contributed by atoms with Crippen LogP contribution in [-0.4, -0.2) is 17.6 Å². The lowest BCUT2D eigenvalue weighted by molar-refractivity contribution is -0.123. The van der Waals surface area contributed by atoms with Crippen molar-refractivity contribution in [2.45, 2.75) is 31.9 Å². The summed E-state index contributed by atoms with van der Waals surface area (Å²) in [6.07, 6.45) is 0.175. The number of benzene rings is 2. The SMILES string of the molecule is CC(CC(C)(N)C(N)=O)Oc1ccc2ccccc2c1. The van der Waals surface area contributed by atoms with Crippen LogP contribution in [0.1, 0.15) is 20.3 Å². The van der Waals surface area contributed by atoms with E-state index in [1.807, 2.05) is 49.4 Å². The predicted molar refractivity (Wildman–Crippen MR) is 80.4 cm³/mol. The van der Waals surface area contributed by atoms with Gasteiger partial charge in [0.1, 0.15) is 5.75 Å². The zero-order chi connectivity index (χ0) is 14.8. The van der Waals surface area contributed by atoms with E-state index in [9.17, 15) is 4.79 Å². The molecule has 0 fully saturated rings. The first-order valence-electron chi connectivity index (χ1n) is 6.63. The van der Waals surface area contributed by atoms with Crippen LogP contribution in [-0.2, 0) is 4.79 Å². The van der Waals surface area contributed by atoms with Crippen LogP contribution in [0.3, 0.4) is 0 Å². The van der Waals surface area contributed by atoms with Crippen LogP contribution in [0.25, 0.3) is 10.8 Å². The number of amides is 1. The minimum atomic E-state index is -1.06. The van der Waals surface area contributed by atoms with Gasteiger partial charge in [-0.3, -0.25) is 4.79 Å². The van der Waals surface area contributed by atoms with Gasteiger partial charge in [0.05, 0.1) is 11.6 Å². The number of rotatable bonds is 5. The molecule has 0 saturated heterocycles. The van der Waals surface area contributed by atoms with Crippen molar-refractivity contribution in [3.63, 3.8) is 0 Å². The maximum Gasteiger partial charge on any atom is 0.237 e. The first-order valence-corrected chi connectivity index (χ1v) is 6.63. The Balaban J connectivity index is 2.10. The van der Waals surface area contributed by atoms with Gasteiger partial charge in [-0.2, -0.15) is 0 Å². The number of carbonyl (C=O) groups is 1. The van der Waals surface area contributed by atoms with Crippen LogP contribution in [0, 0.1) is 0 Å². The van der Waals surface area contributed by atoms with Crippen LogP contribution in [0.4, 0.5) is 0 Å². The summed E-state index contributed by atoms with van der Waals surface area (Å²) in [5.74, 6) is 0.239. The second kappa shape index (κ2) is 5.51. The Morgan fingerprint density at radius 3 is 2.55 bits per heavy atom. The highest BCUT2D eigenvalue weighted by Gasteiger charge is 2.28. The summed E-state index contributed by atoms with van der Waals surface area (Å²) in [5, 5.41) is 2.27. The van der Waals surface area contributed by atoms with Crippen molar-refractivity contribution < 1.29 is 9.53 Å². The molecule has 2 rings (SSSR count). The van der Waals surface area contributed by atoms with E-state index >= 15 is 0 Å². The van der Waals surface area contributed by atoms with E-state index < -0.39 is 11.4 Å². The minimum absolute atomic E-state index is 0.196. The molecule has 0 aromatic heterocycles. The number of ether oxygens (including phenoxy) is 1. The number of primary amides is 1. The second-order valence-corrected chi connectivity index (χ2v) is 5.42. The molecule has 0 saturated carbocycles. The van der Waals surface area contributed by atoms with Gasteiger partial charge in [0, 0.05) is 6.42 Å². The van der Waals surface area contributed by atoms with Crippen molar-refractivity contribution in [3.8, 4) is 5.75 Å². The van der Waals surface area contributed by atoms with Gasteiger partial charge in [0.15, 0.2) is 0 Å². The Labute approximate surface area is 118 Å². The molecule has 20 heavy (non-hydrogen) atoms. The third-order valence-electron chi connectivity index (χ3n) is 3.33. The summed E-state index contributed by atoms with van der Waals surface area (Å²) in [5.41, 5.74) is 10.1. The number of hydrogen-bond donors (Lipinski definition) is 2. The predicted octanol–water partition coefficient (Wildman–Crippen LogP) is 2.20. The smallest absolute Gasteiger partial charge is 0.237 e. The molecule has 4 heteroatoms. The Bertz CT molecular complexity index is 623. The molecule has 1 amide bonds. The standard InChI is InChI=1S/C16H20N2O2/c1-11(10-16(2,18)15(17)19)20-14-8-7-12-5-3-4-6-13(12)9-14/h3-9,11H,10,18H2,1-2H3,(H2,17,19). The monoisotopic (exact) mass is 272 g/mol. The van der Waals surface area contributed by atoms with E-state index in [2.05, 4.69) is 0 Å². The van der Waals surface area contributed by atoms with E-state index in [4.69, 9.17) is 16.2 Å². The number of carbonyl (C=O) groups excluding carboxylic acids is 1. The summed E-state index contributed by atoms with van der Waals surface area (Å²) < 4.78 is 5.82. The van der Waals surface area contributed by atoms with E-state index in [0.29, 0.717) is 6.42 Å². The zero-order valence-electron chi connectivity index (χ0n) is 11.8. The zero-order valence-corrected chi connectivity index (χ0v) is 11.8. The fourth-order valence-corrected chi connectivity index (χ4v) is 2.21. The third-order valence-corrected chi connectivity index (χ3v) is 3.33. The lowest BCUT2D eigenvalue weighted by Crippen LogP contribution is -2.51. The van der Waals surface area contributed by atoms with Gasteiger partial charge in [-0.15, -0.1) is 0 Å². The third kappa shape index (κ3) is 3.27. The summed E-state index contributed by atoms with van der Waals surface area (Å²) in [4.78, 5) is 11.2. The normalized spacial score (nSPS) is 15.6. The van der Waals surface area contributed by atoms with E-state index in [0.717, 1.165) is 16.5 Å². The Morgan fingerprint density at radius 1 is 1.25 bits per heavy atom. The minimum Gasteiger partial charge on any atom is -0.491 e. The summed E-state index contributed by atoms with van der Waals surface area (Å²) in [6, 6.07) is 14.0. The molecular weight excluding hydrogens is 252 g/mol. The molecule has 2 aromatic carbocycles. The number of fused-ring (bicyclic) bond motifs is 1. The van der Waals surface area contributed by atoms with Crippen LogP contribution >= 0.6 is 0 Å². The molecule has 2 aromatic rings. The fraction of sp³-hybridized carbons (Fsp3) is 0.312. The molecule has 2 unspecified atom stereocenters. The molecule has 0 radical (unpaired) electrons. The number of hydrogen-bond acceptors (Lipinski definition) is 3. The molecule has 0 aliphatic carbocycles. The van der Waals surface area contributed by atoms with Gasteiger partial charge >= 0.3 is 0 Å². The lowest BCUT2D eigenvalue weighted by Gasteiger charge is -2.25. The quantitative estimate of drug-likeness (QED) is 0.875. The van der Waals surface area contributed by atoms with Crippen LogP contribution in [0.15, 0.2) is 42.5 Å². The van der Waals surface area contributed by atoms with Crippen LogP contribution in [0.2, 0.25) is 0 Å². The molecule has 4 N–H and O–H groups in total. The Kier molecular flexibility index (Phi) is 3.95. The highest BCUT2D eigenvalue weighted by Crippen LogP contribution is 2.23. The largest absolute Gasteiger partial charge is 0.491 e. The molecule has 0 aliphatic rings. The van der Waals surface area contributed by atoms with Crippen LogP contribution in [0.5, 0.6) is 5.75 Å². The highest BCUT2D eigenvalue weighted by atomic mass is 16.5. The maximum absolute atomic E-state index is 11.2. The van der Waals surface area contributed by atoms with Gasteiger partial charge in [-0.25, -0.2) is 0 Å². The topological polar surface area (TPSA) is 78.3 Å². The first-order chi connectivity index (χ1) is 9.38. The van der Waals surface area contributed by atoms with Gasteiger partial charge in [0.2, 0.25) is 5.91 Å². The molecule has 0 spiro atoms. The van der Waals surface area contributed by atoms with Crippen molar-refractivity contribution in [2.24, 2.45) is 11.5 Å². The molecular formula is C16H20N2O2. The van der Waals surface area contributed by atoms with Gasteiger partial charge in [-0.1, -0.05) is 30.3 Å². The Hall–Kier alpha value is -2.07. The summed E-state index contributed by atoms with van der Waals surface area (Å²) in [6.45, 7) is 3.50. The highest BCUT2D eigenvalue weighted by molar-refractivity contribution is 5.84. The van der Waals surface area contributed by atoms with Crippen molar-refractivity contribution in [2.75, 3.05) is 0 Å². The fourth-order valence-electron chi connectivity index (χ4n) is 2.21. The van der Waals surface area contributed by atoms with Crippen molar-refractivity contribution in [1.82, 2.24) is 0 Å². The molecule has 0 aliphatic heterocycles. The number of nitrogens with two attached hydrogens (primary N) is 2. The summed E-state index contributed by atoms with van der Waals surface area (Å²) in [7, 11) is 0. The van der Waals surface area contributed by atoms with E-state index in [1.54, 1.807) is 6.92 Å². The molecule has 0 heterocycles. The van der Waals surface area contributed by atoms with Crippen molar-refractivity contribution in [1.29, 1.82) is 0 Å². The van der Waals surface area contributed by atoms with Gasteiger partial charge in [-0.05, 0) is 36.8 Å². The average molecular weight is 272 g/mol. The maximum atomic E-state index is 11.2. The average Bonchev–Trinajstić information content (AvgIpc) is 2.37. The Morgan fingerprint density at radius 2 is 1.90 bits per heavy atom. The van der Waals surface area contributed by atoms with Crippen molar-refractivity contribution >= 4 is 16.7 Å². The molecule has 2 atom stereocenters. The second-order valence-electron chi connectivity index (χ2n) is 5.42. The van der Waals surface area contributed by atoms with Crippen LogP contribution < -0.4 is 16.2 Å². The van der Waals surface area contributed by atoms with E-state index in [1.165, 1.54) is 0 Å². The van der Waals surface area contributed by atoms with Crippen molar-refractivity contribution in [3.05, 3.63) is 42.5 Å². The first kappa shape index (κ1) is 14.3. The van der Waals surface area contributed by atoms with E-state index in [-0.39, 0.29) is 6.10 Å². The molecule has 106 valence electrons. The summed E-state index contributed by atoms with van der Waals surface area (Å²) >= 11 is 0. The molecule has 4 nitrogen and oxygen atoms in total. The van der Waals surface area contributed by atoms with Gasteiger partial charge in [0.25, 0.3) is 0 Å². The molecule has 0 bridgehead atoms. The lowest BCUT2D eigenvalue weighted by atomic mass is 9.95. The van der Waals surface area contributed by atoms with Gasteiger partial charge < -0.3 is 16.2 Å².